The van der Waals surface area contributed by atoms with E-state index in [0.29, 0.717) is 29.4 Å². The van der Waals surface area contributed by atoms with E-state index in [2.05, 4.69) is 4.72 Å². The molecule has 0 saturated heterocycles. The number of hydrogen-bond donors (Lipinski definition) is 1. The second-order valence-electron chi connectivity index (χ2n) is 7.41. The Labute approximate surface area is 165 Å². The number of carbonyl (C=O) groups is 1. The molecule has 0 fully saturated rings. The predicted molar refractivity (Wildman–Crippen MR) is 108 cm³/mol. The lowest BCUT2D eigenvalue weighted by molar-refractivity contribution is -0.117. The molecular formula is C20H24N2O5S. The maximum absolute atomic E-state index is 13.0. The van der Waals surface area contributed by atoms with Crippen molar-refractivity contribution in [1.82, 2.24) is 0 Å². The maximum Gasteiger partial charge on any atom is 0.262 e. The van der Waals surface area contributed by atoms with E-state index < -0.39 is 15.6 Å². The molecule has 1 N–H and O–H groups in total. The third kappa shape index (κ3) is 3.91. The van der Waals surface area contributed by atoms with Gasteiger partial charge in [-0.2, -0.15) is 0 Å². The van der Waals surface area contributed by atoms with Crippen LogP contribution in [0.3, 0.4) is 0 Å². The van der Waals surface area contributed by atoms with Crippen LogP contribution in [0.15, 0.2) is 41.3 Å². The number of fused-ring (bicyclic) bond motifs is 1. The van der Waals surface area contributed by atoms with Gasteiger partial charge in [0.1, 0.15) is 17.1 Å². The molecule has 0 unspecified atom stereocenters. The monoisotopic (exact) mass is 404 g/mol. The van der Waals surface area contributed by atoms with Crippen molar-refractivity contribution in [3.63, 3.8) is 0 Å². The van der Waals surface area contributed by atoms with Crippen molar-refractivity contribution in [3.8, 4) is 11.5 Å². The molecule has 0 bridgehead atoms. The highest BCUT2D eigenvalue weighted by Gasteiger charge is 2.34. The number of aryl methyl sites for hydroxylation is 1. The lowest BCUT2D eigenvalue weighted by Crippen LogP contribution is -2.48. The minimum Gasteiger partial charge on any atom is -0.495 e. The molecule has 3 rings (SSSR count). The number of amides is 1. The van der Waals surface area contributed by atoms with Gasteiger partial charge in [0.15, 0.2) is 0 Å². The smallest absolute Gasteiger partial charge is 0.262 e. The largest absolute Gasteiger partial charge is 0.495 e. The zero-order valence-corrected chi connectivity index (χ0v) is 17.4. The van der Waals surface area contributed by atoms with E-state index in [0.717, 1.165) is 5.56 Å². The summed E-state index contributed by atoms with van der Waals surface area (Å²) >= 11 is 0. The number of ether oxygens (including phenoxy) is 2. The molecule has 2 aromatic rings. The lowest BCUT2D eigenvalue weighted by Gasteiger charge is -2.39. The molecule has 8 heteroatoms. The molecule has 0 spiro atoms. The molecule has 0 radical (unpaired) electrons. The van der Waals surface area contributed by atoms with Crippen LogP contribution in [0.5, 0.6) is 11.5 Å². The summed E-state index contributed by atoms with van der Waals surface area (Å²) in [5.41, 5.74) is 1.11. The summed E-state index contributed by atoms with van der Waals surface area (Å²) in [4.78, 5) is 13.7. The Balaban J connectivity index is 2.02. The van der Waals surface area contributed by atoms with Crippen molar-refractivity contribution in [2.24, 2.45) is 0 Å². The number of benzene rings is 2. The number of methoxy groups -OCH3 is 1. The van der Waals surface area contributed by atoms with Gasteiger partial charge >= 0.3 is 0 Å². The van der Waals surface area contributed by atoms with Gasteiger partial charge in [0.25, 0.3) is 10.0 Å². The molecule has 1 heterocycles. The van der Waals surface area contributed by atoms with E-state index in [1.807, 2.05) is 26.8 Å². The van der Waals surface area contributed by atoms with Crippen molar-refractivity contribution < 1.29 is 22.7 Å². The fourth-order valence-electron chi connectivity index (χ4n) is 3.14. The van der Waals surface area contributed by atoms with E-state index in [4.69, 9.17) is 9.47 Å². The third-order valence-electron chi connectivity index (χ3n) is 4.44. The Hall–Kier alpha value is -2.74. The fourth-order valence-corrected chi connectivity index (χ4v) is 4.22. The summed E-state index contributed by atoms with van der Waals surface area (Å²) < 4.78 is 39.6. The summed E-state index contributed by atoms with van der Waals surface area (Å²) in [6.07, 6.45) is 0. The second-order valence-corrected chi connectivity index (χ2v) is 9.09. The van der Waals surface area contributed by atoms with E-state index in [1.54, 1.807) is 18.2 Å². The highest BCUT2D eigenvalue weighted by atomic mass is 32.2. The molecule has 1 aliphatic rings. The highest BCUT2D eigenvalue weighted by molar-refractivity contribution is 7.92. The molecule has 0 saturated carbocycles. The fraction of sp³-hybridized carbons (Fsp3) is 0.350. The molecule has 2 aromatic carbocycles. The maximum atomic E-state index is 13.0. The van der Waals surface area contributed by atoms with Crippen LogP contribution in [0.2, 0.25) is 0 Å². The molecule has 0 aliphatic carbocycles. The minimum atomic E-state index is -3.90. The Bertz CT molecular complexity index is 1030. The number of nitrogens with zero attached hydrogens (tertiary/aromatic N) is 1. The molecule has 1 aliphatic heterocycles. The van der Waals surface area contributed by atoms with E-state index in [9.17, 15) is 13.2 Å². The van der Waals surface area contributed by atoms with Gasteiger partial charge in [-0.15, -0.1) is 0 Å². The van der Waals surface area contributed by atoms with Gasteiger partial charge in [-0.1, -0.05) is 6.07 Å². The standard InChI is InChI=1S/C20H24N2O5S/c1-13-6-8-18(26-5)16(10-13)21-28(24,25)15-7-9-19-17(11-15)22(14(2)23)12-20(3,4)27-19/h6-11,21H,12H2,1-5H3. The van der Waals surface area contributed by atoms with Gasteiger partial charge < -0.3 is 14.4 Å². The van der Waals surface area contributed by atoms with Gasteiger partial charge in [0, 0.05) is 6.92 Å². The number of rotatable bonds is 4. The summed E-state index contributed by atoms with van der Waals surface area (Å²) in [7, 11) is -2.42. The van der Waals surface area contributed by atoms with Crippen LogP contribution in [-0.4, -0.2) is 33.6 Å². The van der Waals surface area contributed by atoms with Crippen LogP contribution in [0, 0.1) is 6.92 Å². The average Bonchev–Trinajstić information content (AvgIpc) is 2.59. The van der Waals surface area contributed by atoms with Crippen LogP contribution in [0.4, 0.5) is 11.4 Å². The highest BCUT2D eigenvalue weighted by Crippen LogP contribution is 2.39. The topological polar surface area (TPSA) is 84.9 Å². The first kappa shape index (κ1) is 20.0. The predicted octanol–water partition coefficient (Wildman–Crippen LogP) is 3.33. The van der Waals surface area contributed by atoms with Gasteiger partial charge in [-0.3, -0.25) is 9.52 Å². The zero-order chi connectivity index (χ0) is 20.7. The van der Waals surface area contributed by atoms with Crippen molar-refractivity contribution in [2.75, 3.05) is 23.3 Å². The van der Waals surface area contributed by atoms with E-state index in [-0.39, 0.29) is 10.8 Å². The van der Waals surface area contributed by atoms with Crippen LogP contribution < -0.4 is 19.1 Å². The Morgan fingerprint density at radius 1 is 1.21 bits per heavy atom. The van der Waals surface area contributed by atoms with Crippen LogP contribution in [0.1, 0.15) is 26.3 Å². The molecule has 7 nitrogen and oxygen atoms in total. The number of sulfonamides is 1. The number of hydrogen-bond acceptors (Lipinski definition) is 5. The average molecular weight is 404 g/mol. The van der Waals surface area contributed by atoms with Crippen molar-refractivity contribution in [1.29, 1.82) is 0 Å². The Morgan fingerprint density at radius 2 is 1.93 bits per heavy atom. The zero-order valence-electron chi connectivity index (χ0n) is 16.6. The van der Waals surface area contributed by atoms with Gasteiger partial charge in [-0.05, 0) is 56.7 Å². The quantitative estimate of drug-likeness (QED) is 0.845. The molecule has 150 valence electrons. The molecule has 28 heavy (non-hydrogen) atoms. The van der Waals surface area contributed by atoms with Gasteiger partial charge in [0.2, 0.25) is 5.91 Å². The summed E-state index contributed by atoms with van der Waals surface area (Å²) in [5.74, 6) is 0.710. The first-order valence-electron chi connectivity index (χ1n) is 8.81. The van der Waals surface area contributed by atoms with Gasteiger partial charge in [0.05, 0.1) is 29.9 Å². The molecule has 0 aromatic heterocycles. The number of carbonyl (C=O) groups excluding carboxylic acids is 1. The van der Waals surface area contributed by atoms with E-state index >= 15 is 0 Å². The molecular weight excluding hydrogens is 380 g/mol. The summed E-state index contributed by atoms with van der Waals surface area (Å²) in [6, 6.07) is 9.73. The van der Waals surface area contributed by atoms with Crippen molar-refractivity contribution >= 4 is 27.3 Å². The number of anilines is 2. The van der Waals surface area contributed by atoms with Crippen LogP contribution >= 0.6 is 0 Å². The first-order chi connectivity index (χ1) is 13.0. The minimum absolute atomic E-state index is 0.0318. The van der Waals surface area contributed by atoms with Crippen molar-refractivity contribution in [2.45, 2.75) is 38.2 Å². The van der Waals surface area contributed by atoms with Crippen LogP contribution in [0.25, 0.3) is 0 Å². The Kier molecular flexibility index (Phi) is 5.01. The third-order valence-corrected chi connectivity index (χ3v) is 5.80. The molecule has 0 atom stereocenters. The normalized spacial score (nSPS) is 15.4. The second kappa shape index (κ2) is 7.01. The summed E-state index contributed by atoms with van der Waals surface area (Å²) in [6.45, 7) is 7.39. The first-order valence-corrected chi connectivity index (χ1v) is 10.3. The number of nitrogens with one attached hydrogen (secondary N) is 1. The molecule has 1 amide bonds. The van der Waals surface area contributed by atoms with Crippen molar-refractivity contribution in [3.05, 3.63) is 42.0 Å². The summed E-state index contributed by atoms with van der Waals surface area (Å²) in [5, 5.41) is 0. The Morgan fingerprint density at radius 3 is 2.57 bits per heavy atom. The lowest BCUT2D eigenvalue weighted by atomic mass is 10.1. The van der Waals surface area contributed by atoms with Crippen LogP contribution in [-0.2, 0) is 14.8 Å². The SMILES string of the molecule is COc1ccc(C)cc1NS(=O)(=O)c1ccc2c(c1)N(C(C)=O)CC(C)(C)O2. The van der Waals surface area contributed by atoms with Gasteiger partial charge in [-0.25, -0.2) is 8.42 Å². The van der Waals surface area contributed by atoms with E-state index in [1.165, 1.54) is 31.1 Å².